The van der Waals surface area contributed by atoms with Gasteiger partial charge in [0.05, 0.1) is 5.75 Å². The summed E-state index contributed by atoms with van der Waals surface area (Å²) in [4.78, 5) is 0. The van der Waals surface area contributed by atoms with Gasteiger partial charge in [0.25, 0.3) is 0 Å². The highest BCUT2D eigenvalue weighted by Gasteiger charge is 2.24. The van der Waals surface area contributed by atoms with Crippen LogP contribution in [0.3, 0.4) is 0 Å². The minimum absolute atomic E-state index is 0.260. The quantitative estimate of drug-likeness (QED) is 0.555. The van der Waals surface area contributed by atoms with Crippen molar-refractivity contribution in [2.24, 2.45) is 5.92 Å². The summed E-state index contributed by atoms with van der Waals surface area (Å²) < 4.78 is 25.9. The summed E-state index contributed by atoms with van der Waals surface area (Å²) in [5.74, 6) is 1.52. The van der Waals surface area contributed by atoms with E-state index in [-0.39, 0.29) is 5.75 Å². The molecule has 102 valence electrons. The normalized spacial score (nSPS) is 23.5. The number of rotatable bonds is 6. The topological polar surface area (TPSA) is 37.4 Å². The van der Waals surface area contributed by atoms with Crippen LogP contribution in [0.1, 0.15) is 45.4 Å². The molecule has 1 heterocycles. The fourth-order valence-corrected chi connectivity index (χ4v) is 4.14. The average molecular weight is 282 g/mol. The molecule has 1 aliphatic heterocycles. The minimum Gasteiger partial charge on any atom is -0.212 e. The molecule has 1 atom stereocenters. The van der Waals surface area contributed by atoms with Crippen LogP contribution in [-0.2, 0) is 10.0 Å². The first-order chi connectivity index (χ1) is 8.10. The number of hydrogen-bond acceptors (Lipinski definition) is 2. The maximum atomic E-state index is 12.1. The van der Waals surface area contributed by atoms with Crippen molar-refractivity contribution in [2.75, 3.05) is 24.7 Å². The molecule has 0 amide bonds. The van der Waals surface area contributed by atoms with Crippen LogP contribution < -0.4 is 0 Å². The number of halogens is 1. The second-order valence-electron chi connectivity index (χ2n) is 4.82. The predicted molar refractivity (Wildman–Crippen MR) is 72.9 cm³/mol. The van der Waals surface area contributed by atoms with Crippen LogP contribution in [0, 0.1) is 5.92 Å². The summed E-state index contributed by atoms with van der Waals surface area (Å²) in [7, 11) is -3.04. The Kier molecular flexibility index (Phi) is 6.82. The maximum Gasteiger partial charge on any atom is 0.214 e. The van der Waals surface area contributed by atoms with Gasteiger partial charge in [0.1, 0.15) is 0 Å². The smallest absolute Gasteiger partial charge is 0.212 e. The third-order valence-corrected chi connectivity index (χ3v) is 5.79. The molecule has 5 heteroatoms. The molecule has 0 aromatic heterocycles. The van der Waals surface area contributed by atoms with Crippen molar-refractivity contribution in [3.63, 3.8) is 0 Å². The third kappa shape index (κ3) is 5.14. The second-order valence-corrected chi connectivity index (χ2v) is 7.28. The first-order valence-electron chi connectivity index (χ1n) is 6.64. The maximum absolute atomic E-state index is 12.1. The van der Waals surface area contributed by atoms with Gasteiger partial charge in [0.15, 0.2) is 0 Å². The molecule has 0 aromatic carbocycles. The summed E-state index contributed by atoms with van der Waals surface area (Å²) in [6.45, 7) is 3.61. The Hall–Kier alpha value is 0.200. The Morgan fingerprint density at radius 2 is 2.00 bits per heavy atom. The first kappa shape index (κ1) is 15.3. The number of unbranched alkanes of at least 4 members (excludes halogenated alkanes) is 1. The van der Waals surface area contributed by atoms with Crippen LogP contribution in [0.15, 0.2) is 0 Å². The van der Waals surface area contributed by atoms with E-state index in [4.69, 9.17) is 11.6 Å². The molecule has 0 spiro atoms. The van der Waals surface area contributed by atoms with Crippen LogP contribution in [0.5, 0.6) is 0 Å². The van der Waals surface area contributed by atoms with E-state index >= 15 is 0 Å². The summed E-state index contributed by atoms with van der Waals surface area (Å²) in [5.41, 5.74) is 0. The number of hydrogen-bond donors (Lipinski definition) is 0. The van der Waals surface area contributed by atoms with E-state index in [2.05, 4.69) is 6.92 Å². The average Bonchev–Trinajstić information content (AvgIpc) is 2.54. The lowest BCUT2D eigenvalue weighted by atomic mass is 9.98. The van der Waals surface area contributed by atoms with Gasteiger partial charge < -0.3 is 0 Å². The summed E-state index contributed by atoms with van der Waals surface area (Å²) >= 11 is 5.57. The van der Waals surface area contributed by atoms with Crippen molar-refractivity contribution in [1.29, 1.82) is 0 Å². The van der Waals surface area contributed by atoms with Crippen LogP contribution in [0.25, 0.3) is 0 Å². The molecule has 1 aliphatic rings. The Balaban J connectivity index is 2.47. The second kappa shape index (κ2) is 7.59. The molecule has 0 N–H and O–H groups in total. The van der Waals surface area contributed by atoms with Gasteiger partial charge in [0.2, 0.25) is 10.0 Å². The van der Waals surface area contributed by atoms with Crippen LogP contribution in [0.4, 0.5) is 0 Å². The molecule has 0 saturated carbocycles. The summed E-state index contributed by atoms with van der Waals surface area (Å²) in [6.07, 6.45) is 5.83. The first-order valence-corrected chi connectivity index (χ1v) is 8.78. The van der Waals surface area contributed by atoms with E-state index in [1.54, 1.807) is 4.31 Å². The molecular weight excluding hydrogens is 258 g/mol. The third-order valence-electron chi connectivity index (χ3n) is 3.56. The molecule has 3 nitrogen and oxygen atoms in total. The van der Waals surface area contributed by atoms with E-state index in [1.807, 2.05) is 0 Å². The summed E-state index contributed by atoms with van der Waals surface area (Å²) in [6, 6.07) is 0. The monoisotopic (exact) mass is 281 g/mol. The largest absolute Gasteiger partial charge is 0.214 e. The lowest BCUT2D eigenvalue weighted by Crippen LogP contribution is -2.34. The highest BCUT2D eigenvalue weighted by atomic mass is 35.5. The van der Waals surface area contributed by atoms with E-state index < -0.39 is 10.0 Å². The number of sulfonamides is 1. The predicted octanol–water partition coefficient (Wildman–Crippen LogP) is 2.85. The zero-order chi connectivity index (χ0) is 12.7. The standard InChI is InChI=1S/C12H24ClNO2S/c1-2-12-6-5-9-14(10-7-12)17(15,16)11-4-3-8-13/h12H,2-11H2,1H3. The minimum atomic E-state index is -3.04. The van der Waals surface area contributed by atoms with Crippen LogP contribution >= 0.6 is 11.6 Å². The van der Waals surface area contributed by atoms with Gasteiger partial charge in [-0.1, -0.05) is 13.3 Å². The molecule has 17 heavy (non-hydrogen) atoms. The summed E-state index contributed by atoms with van der Waals surface area (Å²) in [5, 5.41) is 0. The highest BCUT2D eigenvalue weighted by molar-refractivity contribution is 7.89. The van der Waals surface area contributed by atoms with Crippen molar-refractivity contribution in [3.05, 3.63) is 0 Å². The van der Waals surface area contributed by atoms with E-state index in [0.29, 0.717) is 31.3 Å². The van der Waals surface area contributed by atoms with E-state index in [0.717, 1.165) is 19.3 Å². The molecular formula is C12H24ClNO2S. The lowest BCUT2D eigenvalue weighted by molar-refractivity contribution is 0.407. The SMILES string of the molecule is CCC1CCCN(S(=O)(=O)CCCCCl)CC1. The Morgan fingerprint density at radius 1 is 1.24 bits per heavy atom. The van der Waals surface area contributed by atoms with Crippen LogP contribution in [-0.4, -0.2) is 37.4 Å². The van der Waals surface area contributed by atoms with Gasteiger partial charge in [-0.05, 0) is 38.0 Å². The molecule has 0 bridgehead atoms. The Labute approximate surface area is 111 Å². The Morgan fingerprint density at radius 3 is 2.65 bits per heavy atom. The van der Waals surface area contributed by atoms with Gasteiger partial charge in [-0.15, -0.1) is 11.6 Å². The number of nitrogens with zero attached hydrogens (tertiary/aromatic N) is 1. The molecule has 1 saturated heterocycles. The van der Waals surface area contributed by atoms with Gasteiger partial charge in [0, 0.05) is 19.0 Å². The van der Waals surface area contributed by atoms with Gasteiger partial charge in [-0.2, -0.15) is 0 Å². The van der Waals surface area contributed by atoms with E-state index in [1.165, 1.54) is 12.8 Å². The molecule has 1 fully saturated rings. The van der Waals surface area contributed by atoms with Crippen molar-refractivity contribution in [3.8, 4) is 0 Å². The zero-order valence-corrected chi connectivity index (χ0v) is 12.3. The molecule has 0 radical (unpaired) electrons. The highest BCUT2D eigenvalue weighted by Crippen LogP contribution is 2.22. The van der Waals surface area contributed by atoms with Crippen molar-refractivity contribution < 1.29 is 8.42 Å². The fourth-order valence-electron chi connectivity index (χ4n) is 2.33. The van der Waals surface area contributed by atoms with Gasteiger partial charge in [-0.3, -0.25) is 0 Å². The van der Waals surface area contributed by atoms with Crippen LogP contribution in [0.2, 0.25) is 0 Å². The zero-order valence-electron chi connectivity index (χ0n) is 10.7. The number of alkyl halides is 1. The molecule has 1 unspecified atom stereocenters. The van der Waals surface area contributed by atoms with E-state index in [9.17, 15) is 8.42 Å². The lowest BCUT2D eigenvalue weighted by Gasteiger charge is -2.20. The van der Waals surface area contributed by atoms with Crippen molar-refractivity contribution in [1.82, 2.24) is 4.31 Å². The van der Waals surface area contributed by atoms with Gasteiger partial charge in [-0.25, -0.2) is 12.7 Å². The van der Waals surface area contributed by atoms with Crippen molar-refractivity contribution in [2.45, 2.75) is 45.4 Å². The fraction of sp³-hybridized carbons (Fsp3) is 1.00. The van der Waals surface area contributed by atoms with Gasteiger partial charge >= 0.3 is 0 Å². The Bertz CT molecular complexity index is 306. The molecule has 1 rings (SSSR count). The molecule has 0 aliphatic carbocycles. The molecule has 0 aromatic rings. The van der Waals surface area contributed by atoms with Crippen molar-refractivity contribution >= 4 is 21.6 Å².